The van der Waals surface area contributed by atoms with E-state index >= 15 is 0 Å². The summed E-state index contributed by atoms with van der Waals surface area (Å²) in [6.45, 7) is 1.82. The smallest absolute Gasteiger partial charge is 0.331 e. The van der Waals surface area contributed by atoms with Gasteiger partial charge in [0.1, 0.15) is 12.0 Å². The summed E-state index contributed by atoms with van der Waals surface area (Å²) in [5.74, 6) is -1.52. The minimum absolute atomic E-state index is 0.340. The Bertz CT molecular complexity index is 414. The number of imide groups is 2. The minimum atomic E-state index is -1.08. The van der Waals surface area contributed by atoms with Crippen LogP contribution in [0.15, 0.2) is 0 Å². The molecule has 2 N–H and O–H groups in total. The van der Waals surface area contributed by atoms with Crippen LogP contribution < -0.4 is 10.6 Å². The summed E-state index contributed by atoms with van der Waals surface area (Å²) >= 11 is 0. The lowest BCUT2D eigenvalue weighted by Crippen LogP contribution is -2.60. The predicted octanol–water partition coefficient (Wildman–Crippen LogP) is -1.02. The molecule has 0 aromatic rings. The van der Waals surface area contributed by atoms with Crippen LogP contribution in [0.3, 0.4) is 0 Å². The number of carbonyl (C=O) groups excluding carboxylic acids is 4. The number of hydrogen-bond donors (Lipinski definition) is 2. The van der Waals surface area contributed by atoms with Crippen molar-refractivity contribution in [2.75, 3.05) is 13.1 Å². The van der Waals surface area contributed by atoms with E-state index in [1.165, 1.54) is 0 Å². The van der Waals surface area contributed by atoms with E-state index in [0.717, 1.165) is 4.90 Å². The van der Waals surface area contributed by atoms with E-state index in [2.05, 4.69) is 10.6 Å². The van der Waals surface area contributed by atoms with Crippen molar-refractivity contribution in [1.29, 1.82) is 0 Å². The Hall–Kier alpha value is -1.92. The SMILES string of the molecule is CCNC(=O)CN1C(=O)NC(=O)C2(CC2)C1=O. The summed E-state index contributed by atoms with van der Waals surface area (Å²) in [5, 5.41) is 4.60. The summed E-state index contributed by atoms with van der Waals surface area (Å²) in [6, 6.07) is -0.816. The van der Waals surface area contributed by atoms with Gasteiger partial charge in [-0.2, -0.15) is 0 Å². The maximum Gasteiger partial charge on any atom is 0.331 e. The Morgan fingerprint density at radius 2 is 2.06 bits per heavy atom. The molecule has 0 radical (unpaired) electrons. The highest BCUT2D eigenvalue weighted by Gasteiger charge is 2.62. The van der Waals surface area contributed by atoms with Crippen LogP contribution in [0.4, 0.5) is 4.79 Å². The monoisotopic (exact) mass is 239 g/mol. The number of urea groups is 1. The van der Waals surface area contributed by atoms with Crippen molar-refractivity contribution < 1.29 is 19.2 Å². The standard InChI is InChI=1S/C10H13N3O4/c1-2-11-6(14)5-13-8(16)10(3-4-10)7(15)12-9(13)17/h2-5H2,1H3,(H,11,14)(H,12,15,17). The Kier molecular flexibility index (Phi) is 2.60. The number of amides is 5. The zero-order chi connectivity index (χ0) is 12.6. The second kappa shape index (κ2) is 3.83. The molecule has 1 aliphatic carbocycles. The van der Waals surface area contributed by atoms with Gasteiger partial charge < -0.3 is 5.32 Å². The lowest BCUT2D eigenvalue weighted by Gasteiger charge is -2.29. The molecule has 1 aliphatic heterocycles. The molecule has 1 spiro atoms. The maximum atomic E-state index is 11.9. The van der Waals surface area contributed by atoms with E-state index in [4.69, 9.17) is 0 Å². The van der Waals surface area contributed by atoms with Crippen LogP contribution in [-0.2, 0) is 14.4 Å². The highest BCUT2D eigenvalue weighted by Crippen LogP contribution is 2.48. The van der Waals surface area contributed by atoms with Crippen LogP contribution >= 0.6 is 0 Å². The summed E-state index contributed by atoms with van der Waals surface area (Å²) < 4.78 is 0. The van der Waals surface area contributed by atoms with E-state index in [9.17, 15) is 19.2 Å². The molecular formula is C10H13N3O4. The molecule has 7 nitrogen and oxygen atoms in total. The van der Waals surface area contributed by atoms with Crippen LogP contribution in [0.25, 0.3) is 0 Å². The maximum absolute atomic E-state index is 11.9. The van der Waals surface area contributed by atoms with E-state index in [1.54, 1.807) is 6.92 Å². The van der Waals surface area contributed by atoms with Gasteiger partial charge in [-0.25, -0.2) is 4.79 Å². The quantitative estimate of drug-likeness (QED) is 0.616. The summed E-state index contributed by atoms with van der Waals surface area (Å²) in [5.41, 5.74) is -1.08. The molecular weight excluding hydrogens is 226 g/mol. The molecule has 2 rings (SSSR count). The van der Waals surface area contributed by atoms with E-state index in [1.807, 2.05) is 0 Å². The first kappa shape index (κ1) is 11.6. The van der Waals surface area contributed by atoms with Gasteiger partial charge in [-0.3, -0.25) is 24.6 Å². The van der Waals surface area contributed by atoms with Crippen LogP contribution in [0.1, 0.15) is 19.8 Å². The van der Waals surface area contributed by atoms with Crippen molar-refractivity contribution >= 4 is 23.8 Å². The van der Waals surface area contributed by atoms with Crippen molar-refractivity contribution in [2.24, 2.45) is 5.41 Å². The molecule has 0 unspecified atom stereocenters. The second-order valence-corrected chi connectivity index (χ2v) is 4.19. The Morgan fingerprint density at radius 3 is 2.59 bits per heavy atom. The van der Waals surface area contributed by atoms with Crippen molar-refractivity contribution in [3.05, 3.63) is 0 Å². The fourth-order valence-electron chi connectivity index (χ4n) is 1.84. The largest absolute Gasteiger partial charge is 0.355 e. The molecule has 1 saturated carbocycles. The van der Waals surface area contributed by atoms with Crippen LogP contribution in [0.2, 0.25) is 0 Å². The van der Waals surface area contributed by atoms with Crippen LogP contribution in [-0.4, -0.2) is 41.7 Å². The molecule has 0 aromatic carbocycles. The van der Waals surface area contributed by atoms with Crippen molar-refractivity contribution in [3.8, 4) is 0 Å². The average Bonchev–Trinajstić information content (AvgIpc) is 3.04. The van der Waals surface area contributed by atoms with Gasteiger partial charge in [0.05, 0.1) is 0 Å². The number of nitrogens with one attached hydrogen (secondary N) is 2. The summed E-state index contributed by atoms with van der Waals surface area (Å²) in [6.07, 6.45) is 0.883. The highest BCUT2D eigenvalue weighted by molar-refractivity contribution is 6.21. The number of barbiturate groups is 1. The Morgan fingerprint density at radius 1 is 1.41 bits per heavy atom. The number of carbonyl (C=O) groups is 4. The highest BCUT2D eigenvalue weighted by atomic mass is 16.2. The van der Waals surface area contributed by atoms with Crippen LogP contribution in [0, 0.1) is 5.41 Å². The van der Waals surface area contributed by atoms with Crippen molar-refractivity contribution in [2.45, 2.75) is 19.8 Å². The average molecular weight is 239 g/mol. The zero-order valence-electron chi connectivity index (χ0n) is 9.41. The van der Waals surface area contributed by atoms with Gasteiger partial charge in [0.15, 0.2) is 0 Å². The second-order valence-electron chi connectivity index (χ2n) is 4.19. The topological polar surface area (TPSA) is 95.6 Å². The lowest BCUT2D eigenvalue weighted by molar-refractivity contribution is -0.146. The number of hydrogen-bond acceptors (Lipinski definition) is 4. The van der Waals surface area contributed by atoms with Gasteiger partial charge in [-0.15, -0.1) is 0 Å². The van der Waals surface area contributed by atoms with Gasteiger partial charge in [0.2, 0.25) is 17.7 Å². The molecule has 0 aromatic heterocycles. The van der Waals surface area contributed by atoms with Gasteiger partial charge >= 0.3 is 6.03 Å². The third-order valence-corrected chi connectivity index (χ3v) is 2.98. The van der Waals surface area contributed by atoms with E-state index in [0.29, 0.717) is 19.4 Å². The van der Waals surface area contributed by atoms with Crippen molar-refractivity contribution in [3.63, 3.8) is 0 Å². The van der Waals surface area contributed by atoms with Crippen molar-refractivity contribution in [1.82, 2.24) is 15.5 Å². The number of nitrogens with zero attached hydrogens (tertiary/aromatic N) is 1. The van der Waals surface area contributed by atoms with E-state index < -0.39 is 29.2 Å². The molecule has 0 bridgehead atoms. The van der Waals surface area contributed by atoms with Gasteiger partial charge in [-0.1, -0.05) is 0 Å². The fraction of sp³-hybridized carbons (Fsp3) is 0.600. The third-order valence-electron chi connectivity index (χ3n) is 2.98. The molecule has 0 atom stereocenters. The first-order chi connectivity index (χ1) is 8.01. The first-order valence-electron chi connectivity index (χ1n) is 5.45. The molecule has 92 valence electrons. The van der Waals surface area contributed by atoms with Crippen LogP contribution in [0.5, 0.6) is 0 Å². The molecule has 1 saturated heterocycles. The predicted molar refractivity (Wildman–Crippen MR) is 55.6 cm³/mol. The summed E-state index contributed by atoms with van der Waals surface area (Å²) in [4.78, 5) is 47.0. The van der Waals surface area contributed by atoms with E-state index in [-0.39, 0.29) is 6.54 Å². The number of rotatable bonds is 3. The number of likely N-dealkylation sites (N-methyl/N-ethyl adjacent to an activating group) is 1. The zero-order valence-corrected chi connectivity index (χ0v) is 9.41. The molecule has 5 amide bonds. The Labute approximate surface area is 97.5 Å². The molecule has 2 fully saturated rings. The normalized spacial score (nSPS) is 21.5. The molecule has 17 heavy (non-hydrogen) atoms. The molecule has 2 aliphatic rings. The third kappa shape index (κ3) is 1.77. The minimum Gasteiger partial charge on any atom is -0.355 e. The van der Waals surface area contributed by atoms with Gasteiger partial charge in [0, 0.05) is 6.54 Å². The van der Waals surface area contributed by atoms with Gasteiger partial charge in [0.25, 0.3) is 0 Å². The Balaban J connectivity index is 2.11. The molecule has 1 heterocycles. The fourth-order valence-corrected chi connectivity index (χ4v) is 1.84. The first-order valence-corrected chi connectivity index (χ1v) is 5.45. The van der Waals surface area contributed by atoms with Gasteiger partial charge in [-0.05, 0) is 19.8 Å². The lowest BCUT2D eigenvalue weighted by atomic mass is 10.0. The molecule has 7 heteroatoms. The summed E-state index contributed by atoms with van der Waals surface area (Å²) in [7, 11) is 0.